The number of aliphatic hydroxyl groups excluding tert-OH is 1. The quantitative estimate of drug-likeness (QED) is 0.832. The van der Waals surface area contributed by atoms with Gasteiger partial charge in [-0.2, -0.15) is 0 Å². The molecule has 1 heterocycles. The van der Waals surface area contributed by atoms with Crippen LogP contribution < -0.4 is 0 Å². The van der Waals surface area contributed by atoms with Crippen LogP contribution in [-0.4, -0.2) is 66.4 Å². The molecule has 0 bridgehead atoms. The van der Waals surface area contributed by atoms with Crippen LogP contribution in [-0.2, 0) is 11.3 Å². The first-order chi connectivity index (χ1) is 10.7. The average Bonchev–Trinajstić information content (AvgIpc) is 3.35. The lowest BCUT2D eigenvalue weighted by atomic mass is 10.2. The molecule has 4 nitrogen and oxygen atoms in total. The van der Waals surface area contributed by atoms with Crippen LogP contribution in [0.1, 0.15) is 18.4 Å². The van der Waals surface area contributed by atoms with E-state index in [-0.39, 0.29) is 0 Å². The van der Waals surface area contributed by atoms with Crippen molar-refractivity contribution in [3.05, 3.63) is 34.9 Å². The predicted octanol–water partition coefficient (Wildman–Crippen LogP) is 2.00. The monoisotopic (exact) mass is 324 g/mol. The van der Waals surface area contributed by atoms with E-state index in [9.17, 15) is 5.11 Å². The predicted molar refractivity (Wildman–Crippen MR) is 88.1 cm³/mol. The van der Waals surface area contributed by atoms with E-state index < -0.39 is 6.10 Å². The van der Waals surface area contributed by atoms with Gasteiger partial charge < -0.3 is 9.84 Å². The highest BCUT2D eigenvalue weighted by atomic mass is 35.5. The van der Waals surface area contributed by atoms with Gasteiger partial charge in [-0.15, -0.1) is 0 Å². The van der Waals surface area contributed by atoms with E-state index in [1.54, 1.807) is 0 Å². The lowest BCUT2D eigenvalue weighted by Crippen LogP contribution is -2.49. The van der Waals surface area contributed by atoms with Crippen LogP contribution >= 0.6 is 11.6 Å². The zero-order chi connectivity index (χ0) is 15.4. The van der Waals surface area contributed by atoms with Gasteiger partial charge in [-0.05, 0) is 30.5 Å². The van der Waals surface area contributed by atoms with Gasteiger partial charge in [0.2, 0.25) is 0 Å². The van der Waals surface area contributed by atoms with Crippen molar-refractivity contribution in [3.63, 3.8) is 0 Å². The normalized spacial score (nSPS) is 21.9. The molecule has 2 fully saturated rings. The second-order valence-electron chi connectivity index (χ2n) is 6.36. The number of rotatable bonds is 7. The number of benzene rings is 1. The van der Waals surface area contributed by atoms with Gasteiger partial charge in [0, 0.05) is 43.8 Å². The van der Waals surface area contributed by atoms with Crippen molar-refractivity contribution in [2.75, 3.05) is 39.3 Å². The van der Waals surface area contributed by atoms with Crippen LogP contribution in [0.25, 0.3) is 0 Å². The average molecular weight is 325 g/mol. The Labute approximate surface area is 137 Å². The Morgan fingerprint density at radius 2 is 1.82 bits per heavy atom. The maximum atomic E-state index is 10.1. The lowest BCUT2D eigenvalue weighted by molar-refractivity contribution is 0.000872. The fourth-order valence-corrected chi connectivity index (χ4v) is 3.12. The minimum Gasteiger partial charge on any atom is -0.389 e. The molecule has 2 aliphatic rings. The molecule has 1 unspecified atom stereocenters. The van der Waals surface area contributed by atoms with Gasteiger partial charge >= 0.3 is 0 Å². The largest absolute Gasteiger partial charge is 0.389 e. The Kier molecular flexibility index (Phi) is 5.71. The molecule has 3 rings (SSSR count). The number of hydrogen-bond acceptors (Lipinski definition) is 4. The number of hydrogen-bond donors (Lipinski definition) is 1. The third-order valence-corrected chi connectivity index (χ3v) is 4.68. The molecule has 0 radical (unpaired) electrons. The van der Waals surface area contributed by atoms with Gasteiger partial charge in [-0.3, -0.25) is 9.80 Å². The summed E-state index contributed by atoms with van der Waals surface area (Å²) in [6, 6.07) is 8.47. The zero-order valence-corrected chi connectivity index (χ0v) is 13.7. The van der Waals surface area contributed by atoms with Crippen molar-refractivity contribution in [1.29, 1.82) is 0 Å². The second-order valence-corrected chi connectivity index (χ2v) is 6.80. The van der Waals surface area contributed by atoms with Crippen LogP contribution in [0.15, 0.2) is 24.3 Å². The van der Waals surface area contributed by atoms with Crippen molar-refractivity contribution in [2.45, 2.75) is 31.6 Å². The number of ether oxygens (including phenoxy) is 1. The minimum absolute atomic E-state index is 0.380. The van der Waals surface area contributed by atoms with Crippen molar-refractivity contribution < 1.29 is 9.84 Å². The highest BCUT2D eigenvalue weighted by molar-refractivity contribution is 6.30. The van der Waals surface area contributed by atoms with Gasteiger partial charge in [-0.25, -0.2) is 0 Å². The standard InChI is InChI=1S/C17H25ClN2O2/c18-15-3-1-14(2-4-15)12-22-13-17(21)11-19-7-9-20(10-8-19)16-5-6-16/h1-4,16-17,21H,5-13H2. The third kappa shape index (κ3) is 4.93. The lowest BCUT2D eigenvalue weighted by Gasteiger charge is -2.35. The van der Waals surface area contributed by atoms with Crippen molar-refractivity contribution in [1.82, 2.24) is 9.80 Å². The molecule has 1 saturated carbocycles. The van der Waals surface area contributed by atoms with E-state index in [2.05, 4.69) is 9.80 Å². The summed E-state index contributed by atoms with van der Waals surface area (Å²) < 4.78 is 5.60. The smallest absolute Gasteiger partial charge is 0.0900 e. The fraction of sp³-hybridized carbons (Fsp3) is 0.647. The number of aliphatic hydroxyl groups is 1. The van der Waals surface area contributed by atoms with Gasteiger partial charge in [0.25, 0.3) is 0 Å². The molecule has 1 aliphatic heterocycles. The first-order valence-electron chi connectivity index (χ1n) is 8.17. The molecular formula is C17H25ClN2O2. The van der Waals surface area contributed by atoms with Crippen LogP contribution in [0.5, 0.6) is 0 Å². The SMILES string of the molecule is OC(COCc1ccc(Cl)cc1)CN1CCN(C2CC2)CC1. The summed E-state index contributed by atoms with van der Waals surface area (Å²) in [4.78, 5) is 4.93. The molecule has 1 saturated heterocycles. The molecule has 0 spiro atoms. The van der Waals surface area contributed by atoms with E-state index in [4.69, 9.17) is 16.3 Å². The second kappa shape index (κ2) is 7.75. The number of halogens is 1. The fourth-order valence-electron chi connectivity index (χ4n) is 2.99. The van der Waals surface area contributed by atoms with Gasteiger partial charge in [0.05, 0.1) is 19.3 Å². The van der Waals surface area contributed by atoms with E-state index in [0.717, 1.165) is 42.8 Å². The van der Waals surface area contributed by atoms with Crippen LogP contribution in [0.4, 0.5) is 0 Å². The molecule has 0 amide bonds. The van der Waals surface area contributed by atoms with E-state index in [0.29, 0.717) is 19.8 Å². The van der Waals surface area contributed by atoms with Gasteiger partial charge in [0.1, 0.15) is 0 Å². The topological polar surface area (TPSA) is 35.9 Å². The Morgan fingerprint density at radius 3 is 2.45 bits per heavy atom. The molecule has 5 heteroatoms. The van der Waals surface area contributed by atoms with E-state index in [1.165, 1.54) is 12.8 Å². The van der Waals surface area contributed by atoms with Crippen LogP contribution in [0, 0.1) is 0 Å². The Balaban J connectivity index is 1.30. The Bertz CT molecular complexity index is 456. The molecular weight excluding hydrogens is 300 g/mol. The van der Waals surface area contributed by atoms with Crippen molar-refractivity contribution in [3.8, 4) is 0 Å². The third-order valence-electron chi connectivity index (χ3n) is 4.43. The summed E-state index contributed by atoms with van der Waals surface area (Å²) >= 11 is 5.85. The number of piperazine rings is 1. The van der Waals surface area contributed by atoms with Crippen LogP contribution in [0.3, 0.4) is 0 Å². The van der Waals surface area contributed by atoms with Crippen molar-refractivity contribution in [2.24, 2.45) is 0 Å². The molecule has 1 N–H and O–H groups in total. The Morgan fingerprint density at radius 1 is 1.14 bits per heavy atom. The summed E-state index contributed by atoms with van der Waals surface area (Å²) in [6.07, 6.45) is 2.34. The first kappa shape index (κ1) is 16.2. The molecule has 22 heavy (non-hydrogen) atoms. The molecule has 122 valence electrons. The van der Waals surface area contributed by atoms with Gasteiger partial charge in [0.15, 0.2) is 0 Å². The maximum Gasteiger partial charge on any atom is 0.0900 e. The molecule has 1 aromatic carbocycles. The van der Waals surface area contributed by atoms with Gasteiger partial charge in [-0.1, -0.05) is 23.7 Å². The highest BCUT2D eigenvalue weighted by Gasteiger charge is 2.31. The Hall–Kier alpha value is -0.650. The number of β-amino-alcohol motifs (C(OH)–C–C–N with tert-alkyl or cyclic N) is 1. The minimum atomic E-state index is -0.417. The maximum absolute atomic E-state index is 10.1. The molecule has 1 atom stereocenters. The summed E-state index contributed by atoms with van der Waals surface area (Å²) in [5.41, 5.74) is 1.08. The summed E-state index contributed by atoms with van der Waals surface area (Å²) in [5.74, 6) is 0. The first-order valence-corrected chi connectivity index (χ1v) is 8.55. The molecule has 0 aromatic heterocycles. The number of nitrogens with zero attached hydrogens (tertiary/aromatic N) is 2. The zero-order valence-electron chi connectivity index (χ0n) is 13.0. The summed E-state index contributed by atoms with van der Waals surface area (Å²) in [6.45, 7) is 6.01. The summed E-state index contributed by atoms with van der Waals surface area (Å²) in [7, 11) is 0. The van der Waals surface area contributed by atoms with Crippen LogP contribution in [0.2, 0.25) is 5.02 Å². The molecule has 1 aliphatic carbocycles. The van der Waals surface area contributed by atoms with Crippen molar-refractivity contribution >= 4 is 11.6 Å². The van der Waals surface area contributed by atoms with E-state index >= 15 is 0 Å². The van der Waals surface area contributed by atoms with E-state index in [1.807, 2.05) is 24.3 Å². The molecule has 1 aromatic rings. The highest BCUT2D eigenvalue weighted by Crippen LogP contribution is 2.27. The summed E-state index contributed by atoms with van der Waals surface area (Å²) in [5, 5.41) is 10.8.